The number of benzene rings is 2. The second-order valence-electron chi connectivity index (χ2n) is 5.13. The van der Waals surface area contributed by atoms with Crippen LogP contribution in [0.2, 0.25) is 0 Å². The first-order chi connectivity index (χ1) is 10.2. The highest BCUT2D eigenvalue weighted by molar-refractivity contribution is 5.91. The SMILES string of the molecule is Cc1cc(NCCc2ccc(F)cc2)c2ccccc2n1. The number of anilines is 1. The molecule has 0 fully saturated rings. The lowest BCUT2D eigenvalue weighted by Gasteiger charge is -2.10. The van der Waals surface area contributed by atoms with Crippen molar-refractivity contribution >= 4 is 16.6 Å². The Bertz CT molecular complexity index is 751. The summed E-state index contributed by atoms with van der Waals surface area (Å²) in [7, 11) is 0. The molecule has 0 bridgehead atoms. The van der Waals surface area contributed by atoms with Crippen molar-refractivity contribution < 1.29 is 4.39 Å². The number of fused-ring (bicyclic) bond motifs is 1. The number of aryl methyl sites for hydroxylation is 1. The largest absolute Gasteiger partial charge is 0.384 e. The van der Waals surface area contributed by atoms with E-state index in [-0.39, 0.29) is 5.82 Å². The van der Waals surface area contributed by atoms with Gasteiger partial charge in [0.1, 0.15) is 5.82 Å². The zero-order chi connectivity index (χ0) is 14.7. The first-order valence-corrected chi connectivity index (χ1v) is 7.07. The number of nitrogens with zero attached hydrogens (tertiary/aromatic N) is 1. The Kier molecular flexibility index (Phi) is 3.82. The van der Waals surface area contributed by atoms with Crippen LogP contribution < -0.4 is 5.32 Å². The van der Waals surface area contributed by atoms with Gasteiger partial charge in [-0.1, -0.05) is 30.3 Å². The van der Waals surface area contributed by atoms with E-state index in [9.17, 15) is 4.39 Å². The van der Waals surface area contributed by atoms with Gasteiger partial charge in [0.25, 0.3) is 0 Å². The second kappa shape index (κ2) is 5.92. The summed E-state index contributed by atoms with van der Waals surface area (Å²) < 4.78 is 12.9. The predicted octanol–water partition coefficient (Wildman–Crippen LogP) is 4.34. The normalized spacial score (nSPS) is 10.8. The van der Waals surface area contributed by atoms with Crippen LogP contribution in [0.1, 0.15) is 11.3 Å². The van der Waals surface area contributed by atoms with Gasteiger partial charge in [0.2, 0.25) is 0 Å². The van der Waals surface area contributed by atoms with Crippen LogP contribution >= 0.6 is 0 Å². The van der Waals surface area contributed by atoms with Gasteiger partial charge < -0.3 is 5.32 Å². The van der Waals surface area contributed by atoms with E-state index in [1.807, 2.05) is 37.3 Å². The highest BCUT2D eigenvalue weighted by Gasteiger charge is 2.03. The lowest BCUT2D eigenvalue weighted by molar-refractivity contribution is 0.627. The summed E-state index contributed by atoms with van der Waals surface area (Å²) in [4.78, 5) is 4.53. The smallest absolute Gasteiger partial charge is 0.123 e. The first kappa shape index (κ1) is 13.6. The Morgan fingerprint density at radius 2 is 1.81 bits per heavy atom. The van der Waals surface area contributed by atoms with Crippen molar-refractivity contribution in [2.75, 3.05) is 11.9 Å². The lowest BCUT2D eigenvalue weighted by atomic mass is 10.1. The fourth-order valence-corrected chi connectivity index (χ4v) is 2.45. The third kappa shape index (κ3) is 3.19. The maximum atomic E-state index is 12.9. The molecule has 3 aromatic rings. The third-order valence-corrected chi connectivity index (χ3v) is 3.49. The minimum absolute atomic E-state index is 0.192. The Morgan fingerprint density at radius 3 is 2.62 bits per heavy atom. The second-order valence-corrected chi connectivity index (χ2v) is 5.13. The van der Waals surface area contributed by atoms with E-state index in [4.69, 9.17) is 0 Å². The molecule has 0 saturated heterocycles. The molecule has 0 amide bonds. The van der Waals surface area contributed by atoms with Crippen molar-refractivity contribution in [3.05, 3.63) is 71.7 Å². The van der Waals surface area contributed by atoms with Gasteiger partial charge in [-0.25, -0.2) is 4.39 Å². The van der Waals surface area contributed by atoms with Crippen molar-refractivity contribution in [1.82, 2.24) is 4.98 Å². The molecule has 0 saturated carbocycles. The minimum Gasteiger partial charge on any atom is -0.384 e. The molecular weight excluding hydrogens is 263 g/mol. The number of halogens is 1. The van der Waals surface area contributed by atoms with Crippen LogP contribution in [0.15, 0.2) is 54.6 Å². The van der Waals surface area contributed by atoms with E-state index in [1.54, 1.807) is 0 Å². The number of hydrogen-bond acceptors (Lipinski definition) is 2. The van der Waals surface area contributed by atoms with Crippen LogP contribution in [0.4, 0.5) is 10.1 Å². The maximum absolute atomic E-state index is 12.9. The average Bonchev–Trinajstić information content (AvgIpc) is 2.49. The molecular formula is C18H17FN2. The molecule has 1 N–H and O–H groups in total. The van der Waals surface area contributed by atoms with Crippen LogP contribution in [0.25, 0.3) is 10.9 Å². The third-order valence-electron chi connectivity index (χ3n) is 3.49. The molecule has 106 valence electrons. The Morgan fingerprint density at radius 1 is 1.05 bits per heavy atom. The van der Waals surface area contributed by atoms with E-state index >= 15 is 0 Å². The van der Waals surface area contributed by atoms with E-state index in [2.05, 4.69) is 22.4 Å². The molecule has 3 heteroatoms. The number of aromatic nitrogens is 1. The summed E-state index contributed by atoms with van der Waals surface area (Å²) in [6, 6.07) is 16.8. The first-order valence-electron chi connectivity index (χ1n) is 7.07. The van der Waals surface area contributed by atoms with E-state index < -0.39 is 0 Å². The molecule has 1 heterocycles. The molecule has 21 heavy (non-hydrogen) atoms. The summed E-state index contributed by atoms with van der Waals surface area (Å²) in [5, 5.41) is 4.58. The van der Waals surface area contributed by atoms with Crippen LogP contribution in [-0.2, 0) is 6.42 Å². The van der Waals surface area contributed by atoms with Crippen LogP contribution in [0.3, 0.4) is 0 Å². The molecule has 0 aliphatic carbocycles. The monoisotopic (exact) mass is 280 g/mol. The number of hydrogen-bond donors (Lipinski definition) is 1. The molecule has 2 nitrogen and oxygen atoms in total. The maximum Gasteiger partial charge on any atom is 0.123 e. The van der Waals surface area contributed by atoms with Crippen molar-refractivity contribution in [2.45, 2.75) is 13.3 Å². The van der Waals surface area contributed by atoms with Crippen molar-refractivity contribution in [3.8, 4) is 0 Å². The van der Waals surface area contributed by atoms with Gasteiger partial charge in [0.15, 0.2) is 0 Å². The molecule has 3 rings (SSSR count). The summed E-state index contributed by atoms with van der Waals surface area (Å²) in [5.74, 6) is -0.192. The lowest BCUT2D eigenvalue weighted by Crippen LogP contribution is -2.06. The average molecular weight is 280 g/mol. The summed E-state index contributed by atoms with van der Waals surface area (Å²) >= 11 is 0. The van der Waals surface area contributed by atoms with Gasteiger partial charge in [0, 0.05) is 23.3 Å². The standard InChI is InChI=1S/C18H17FN2/c1-13-12-18(16-4-2-3-5-17(16)21-13)20-11-10-14-6-8-15(19)9-7-14/h2-9,12H,10-11H2,1H3,(H,20,21). The van der Waals surface area contributed by atoms with Crippen molar-refractivity contribution in [1.29, 1.82) is 0 Å². The predicted molar refractivity (Wildman–Crippen MR) is 85.1 cm³/mol. The van der Waals surface area contributed by atoms with Crippen LogP contribution in [0.5, 0.6) is 0 Å². The zero-order valence-corrected chi connectivity index (χ0v) is 11.9. The molecule has 0 aliphatic heterocycles. The van der Waals surface area contributed by atoms with E-state index in [0.29, 0.717) is 0 Å². The van der Waals surface area contributed by atoms with Crippen LogP contribution in [-0.4, -0.2) is 11.5 Å². The topological polar surface area (TPSA) is 24.9 Å². The summed E-state index contributed by atoms with van der Waals surface area (Å²) in [6.45, 7) is 2.80. The van der Waals surface area contributed by atoms with E-state index in [0.717, 1.165) is 40.8 Å². The fraction of sp³-hybridized carbons (Fsp3) is 0.167. The van der Waals surface area contributed by atoms with Gasteiger partial charge >= 0.3 is 0 Å². The Hall–Kier alpha value is -2.42. The highest BCUT2D eigenvalue weighted by Crippen LogP contribution is 2.22. The van der Waals surface area contributed by atoms with E-state index in [1.165, 1.54) is 12.1 Å². The Labute approximate surface area is 123 Å². The molecule has 0 unspecified atom stereocenters. The van der Waals surface area contributed by atoms with Gasteiger partial charge in [-0.15, -0.1) is 0 Å². The van der Waals surface area contributed by atoms with Gasteiger partial charge in [-0.05, 0) is 43.2 Å². The van der Waals surface area contributed by atoms with Gasteiger partial charge in [-0.2, -0.15) is 0 Å². The quantitative estimate of drug-likeness (QED) is 0.769. The molecule has 0 atom stereocenters. The number of pyridine rings is 1. The molecule has 0 spiro atoms. The van der Waals surface area contributed by atoms with Crippen molar-refractivity contribution in [2.24, 2.45) is 0 Å². The summed E-state index contributed by atoms with van der Waals surface area (Å²) in [6.07, 6.45) is 0.857. The Balaban J connectivity index is 1.74. The molecule has 1 aromatic heterocycles. The number of para-hydroxylation sites is 1. The van der Waals surface area contributed by atoms with Crippen LogP contribution in [0, 0.1) is 12.7 Å². The number of rotatable bonds is 4. The highest BCUT2D eigenvalue weighted by atomic mass is 19.1. The minimum atomic E-state index is -0.192. The van der Waals surface area contributed by atoms with Crippen molar-refractivity contribution in [3.63, 3.8) is 0 Å². The van der Waals surface area contributed by atoms with Gasteiger partial charge in [-0.3, -0.25) is 4.98 Å². The van der Waals surface area contributed by atoms with Gasteiger partial charge in [0.05, 0.1) is 5.52 Å². The summed E-state index contributed by atoms with van der Waals surface area (Å²) in [5.41, 5.74) is 4.22. The molecule has 0 radical (unpaired) electrons. The molecule has 2 aromatic carbocycles. The zero-order valence-electron chi connectivity index (χ0n) is 11.9. The molecule has 0 aliphatic rings. The fourth-order valence-electron chi connectivity index (χ4n) is 2.45. The number of nitrogens with one attached hydrogen (secondary N) is 1.